The van der Waals surface area contributed by atoms with Crippen LogP contribution in [0.3, 0.4) is 0 Å². The van der Waals surface area contributed by atoms with E-state index in [2.05, 4.69) is 10.3 Å². The number of aromatic nitrogens is 1. The number of nitro groups is 1. The number of ether oxygens (including phenoxy) is 1. The fraction of sp³-hybridized carbons (Fsp3) is 0.217. The number of aliphatic hydroxyl groups is 1. The highest BCUT2D eigenvalue weighted by Crippen LogP contribution is 2.60. The predicted octanol–water partition coefficient (Wildman–Crippen LogP) is 3.11. The SMILES string of the molecule is CC(C)c1ccc2c(c1)OC1(O)c3c(cccc3[N+](=O)[O-])C(=O)C21NC(=O)c1cc[nH]c1. The van der Waals surface area contributed by atoms with E-state index in [0.29, 0.717) is 0 Å². The van der Waals surface area contributed by atoms with E-state index in [9.17, 15) is 24.8 Å². The molecule has 1 aliphatic carbocycles. The fourth-order valence-corrected chi connectivity index (χ4v) is 4.58. The van der Waals surface area contributed by atoms with Crippen LogP contribution in [0.5, 0.6) is 5.75 Å². The van der Waals surface area contributed by atoms with Crippen molar-refractivity contribution >= 4 is 17.4 Å². The van der Waals surface area contributed by atoms with Gasteiger partial charge in [-0.1, -0.05) is 38.1 Å². The number of aromatic amines is 1. The first-order chi connectivity index (χ1) is 15.2. The highest BCUT2D eigenvalue weighted by atomic mass is 16.6. The lowest BCUT2D eigenvalue weighted by Gasteiger charge is -2.34. The van der Waals surface area contributed by atoms with E-state index in [1.165, 1.54) is 30.5 Å². The van der Waals surface area contributed by atoms with Gasteiger partial charge in [0.15, 0.2) is 0 Å². The van der Waals surface area contributed by atoms with Gasteiger partial charge in [0, 0.05) is 29.6 Å². The molecule has 162 valence electrons. The van der Waals surface area contributed by atoms with Gasteiger partial charge in [-0.3, -0.25) is 19.7 Å². The van der Waals surface area contributed by atoms with Crippen LogP contribution in [0.4, 0.5) is 5.69 Å². The molecule has 9 nitrogen and oxygen atoms in total. The number of fused-ring (bicyclic) bond motifs is 5. The number of ketones is 1. The third-order valence-electron chi connectivity index (χ3n) is 6.17. The minimum Gasteiger partial charge on any atom is -0.454 e. The van der Waals surface area contributed by atoms with E-state index in [-0.39, 0.29) is 33.9 Å². The Balaban J connectivity index is 1.78. The molecule has 0 saturated carbocycles. The fourth-order valence-electron chi connectivity index (χ4n) is 4.58. The molecule has 5 rings (SSSR count). The van der Waals surface area contributed by atoms with Crippen LogP contribution >= 0.6 is 0 Å². The number of amides is 1. The number of nitrogens with one attached hydrogen (secondary N) is 2. The molecule has 0 bridgehead atoms. The van der Waals surface area contributed by atoms with Crippen LogP contribution in [0.25, 0.3) is 0 Å². The zero-order chi connectivity index (χ0) is 22.8. The van der Waals surface area contributed by atoms with Gasteiger partial charge in [0.25, 0.3) is 17.4 Å². The number of nitrogens with zero attached hydrogens (tertiary/aromatic N) is 1. The van der Waals surface area contributed by atoms with E-state index in [4.69, 9.17) is 4.74 Å². The Bertz CT molecular complexity index is 1300. The number of Topliss-reactive ketones (excluding diaryl/α,β-unsaturated/α-hetero) is 1. The molecular formula is C23H19N3O6. The second kappa shape index (κ2) is 6.51. The molecule has 2 aliphatic rings. The van der Waals surface area contributed by atoms with Crippen LogP contribution in [0.15, 0.2) is 54.9 Å². The third-order valence-corrected chi connectivity index (χ3v) is 6.17. The molecule has 1 aromatic heterocycles. The quantitative estimate of drug-likeness (QED) is 0.427. The maximum Gasteiger partial charge on any atom is 0.280 e. The van der Waals surface area contributed by atoms with Crippen molar-refractivity contribution < 1.29 is 24.4 Å². The molecule has 0 spiro atoms. The molecule has 2 atom stereocenters. The van der Waals surface area contributed by atoms with E-state index in [0.717, 1.165) is 5.56 Å². The van der Waals surface area contributed by atoms with Gasteiger partial charge in [-0.15, -0.1) is 0 Å². The van der Waals surface area contributed by atoms with Gasteiger partial charge < -0.3 is 20.1 Å². The van der Waals surface area contributed by atoms with Gasteiger partial charge in [0.05, 0.1) is 10.5 Å². The summed E-state index contributed by atoms with van der Waals surface area (Å²) in [5.74, 6) is -3.50. The summed E-state index contributed by atoms with van der Waals surface area (Å²) in [4.78, 5) is 40.7. The standard InChI is InChI=1S/C23H19N3O6/c1-12(2)13-6-7-16-18(10-13)32-23(29)19-15(4-3-5-17(19)26(30)31)20(27)22(16,23)25-21(28)14-8-9-24-11-14/h3-12,24,29H,1-2H3,(H,25,28). The van der Waals surface area contributed by atoms with Gasteiger partial charge in [0.2, 0.25) is 11.3 Å². The lowest BCUT2D eigenvalue weighted by atomic mass is 9.82. The van der Waals surface area contributed by atoms with Crippen LogP contribution in [-0.4, -0.2) is 26.7 Å². The molecule has 3 aromatic rings. The summed E-state index contributed by atoms with van der Waals surface area (Å²) in [6, 6.07) is 10.5. The molecule has 2 aromatic carbocycles. The molecular weight excluding hydrogens is 414 g/mol. The van der Waals surface area contributed by atoms with Crippen LogP contribution in [0.1, 0.15) is 57.2 Å². The summed E-state index contributed by atoms with van der Waals surface area (Å²) in [6.07, 6.45) is 2.99. The van der Waals surface area contributed by atoms with Crippen molar-refractivity contribution in [1.29, 1.82) is 0 Å². The van der Waals surface area contributed by atoms with Crippen molar-refractivity contribution in [3.05, 3.63) is 92.8 Å². The minimum atomic E-state index is -2.49. The number of carbonyl (C=O) groups is 2. The van der Waals surface area contributed by atoms with Crippen LogP contribution < -0.4 is 10.1 Å². The highest BCUT2D eigenvalue weighted by Gasteiger charge is 2.73. The number of carbonyl (C=O) groups excluding carboxylic acids is 2. The number of rotatable bonds is 4. The summed E-state index contributed by atoms with van der Waals surface area (Å²) in [5.41, 5.74) is -1.54. The van der Waals surface area contributed by atoms with Gasteiger partial charge in [-0.05, 0) is 23.6 Å². The van der Waals surface area contributed by atoms with E-state index in [1.807, 2.05) is 13.8 Å². The Morgan fingerprint density at radius 2 is 2.03 bits per heavy atom. The molecule has 1 aliphatic heterocycles. The number of H-pyrrole nitrogens is 1. The van der Waals surface area contributed by atoms with Crippen molar-refractivity contribution in [3.8, 4) is 5.75 Å². The number of hydrogen-bond donors (Lipinski definition) is 3. The van der Waals surface area contributed by atoms with E-state index >= 15 is 0 Å². The number of nitro benzene ring substituents is 1. The molecule has 2 heterocycles. The largest absolute Gasteiger partial charge is 0.454 e. The first kappa shape index (κ1) is 20.0. The molecule has 0 radical (unpaired) electrons. The Hall–Kier alpha value is -3.98. The summed E-state index contributed by atoms with van der Waals surface area (Å²) in [5, 5.41) is 26.3. The highest BCUT2D eigenvalue weighted by molar-refractivity contribution is 6.14. The molecule has 3 N–H and O–H groups in total. The zero-order valence-electron chi connectivity index (χ0n) is 17.2. The summed E-state index contributed by atoms with van der Waals surface area (Å²) < 4.78 is 5.93. The lowest BCUT2D eigenvalue weighted by molar-refractivity contribution is -0.388. The third kappa shape index (κ3) is 2.36. The summed E-state index contributed by atoms with van der Waals surface area (Å²) in [7, 11) is 0. The average molecular weight is 433 g/mol. The maximum absolute atomic E-state index is 13.8. The van der Waals surface area contributed by atoms with Gasteiger partial charge in [0.1, 0.15) is 11.3 Å². The Morgan fingerprint density at radius 3 is 2.69 bits per heavy atom. The van der Waals surface area contributed by atoms with E-state index < -0.39 is 33.6 Å². The summed E-state index contributed by atoms with van der Waals surface area (Å²) >= 11 is 0. The second-order valence-electron chi connectivity index (χ2n) is 8.25. The maximum atomic E-state index is 13.8. The predicted molar refractivity (Wildman–Crippen MR) is 112 cm³/mol. The first-order valence-electron chi connectivity index (χ1n) is 10.0. The monoisotopic (exact) mass is 433 g/mol. The second-order valence-corrected chi connectivity index (χ2v) is 8.25. The van der Waals surface area contributed by atoms with Gasteiger partial charge >= 0.3 is 0 Å². The molecule has 0 saturated heterocycles. The zero-order valence-corrected chi connectivity index (χ0v) is 17.2. The van der Waals surface area contributed by atoms with Crippen LogP contribution in [0, 0.1) is 10.1 Å². The Morgan fingerprint density at radius 1 is 1.25 bits per heavy atom. The van der Waals surface area contributed by atoms with Gasteiger partial charge in [-0.2, -0.15) is 0 Å². The molecule has 1 amide bonds. The Labute approximate surface area is 182 Å². The first-order valence-corrected chi connectivity index (χ1v) is 10.0. The average Bonchev–Trinajstić information content (AvgIpc) is 3.42. The van der Waals surface area contributed by atoms with Crippen LogP contribution in [-0.2, 0) is 11.3 Å². The van der Waals surface area contributed by atoms with Crippen LogP contribution in [0.2, 0.25) is 0 Å². The minimum absolute atomic E-state index is 0.0744. The van der Waals surface area contributed by atoms with E-state index in [1.54, 1.807) is 24.4 Å². The molecule has 0 fully saturated rings. The van der Waals surface area contributed by atoms with Gasteiger partial charge in [-0.25, -0.2) is 0 Å². The van der Waals surface area contributed by atoms with Crippen molar-refractivity contribution in [2.24, 2.45) is 0 Å². The normalized spacial score (nSPS) is 22.8. The molecule has 32 heavy (non-hydrogen) atoms. The Kier molecular flexibility index (Phi) is 4.06. The lowest BCUT2D eigenvalue weighted by Crippen LogP contribution is -2.60. The van der Waals surface area contributed by atoms with Crippen molar-refractivity contribution in [3.63, 3.8) is 0 Å². The topological polar surface area (TPSA) is 135 Å². The number of hydrogen-bond acceptors (Lipinski definition) is 6. The number of benzene rings is 2. The van der Waals surface area contributed by atoms with Crippen molar-refractivity contribution in [2.45, 2.75) is 31.1 Å². The van der Waals surface area contributed by atoms with Crippen molar-refractivity contribution in [2.75, 3.05) is 0 Å². The van der Waals surface area contributed by atoms with Crippen molar-refractivity contribution in [1.82, 2.24) is 10.3 Å². The smallest absolute Gasteiger partial charge is 0.280 e. The molecule has 9 heteroatoms. The molecule has 2 unspecified atom stereocenters. The summed E-state index contributed by atoms with van der Waals surface area (Å²) in [6.45, 7) is 3.95.